The van der Waals surface area contributed by atoms with E-state index in [0.29, 0.717) is 5.69 Å². The monoisotopic (exact) mass is 122 g/mol. The molecule has 0 aliphatic carbocycles. The predicted molar refractivity (Wildman–Crippen MR) is 31.6 cm³/mol. The summed E-state index contributed by atoms with van der Waals surface area (Å²) in [5.74, 6) is 0. The average molecular weight is 122 g/mol. The first-order valence-electron chi connectivity index (χ1n) is 2.48. The SMILES string of the molecule is Cc1ncncc1N=N. The summed E-state index contributed by atoms with van der Waals surface area (Å²) < 4.78 is 0. The molecule has 1 N–H and O–H groups in total. The molecule has 0 amide bonds. The Balaban J connectivity index is 3.15. The zero-order valence-corrected chi connectivity index (χ0v) is 5.00. The highest BCUT2D eigenvalue weighted by Crippen LogP contribution is 2.10. The second-order valence-corrected chi connectivity index (χ2v) is 1.61. The lowest BCUT2D eigenvalue weighted by atomic mass is 10.4. The van der Waals surface area contributed by atoms with E-state index < -0.39 is 0 Å². The highest BCUT2D eigenvalue weighted by molar-refractivity contribution is 5.35. The lowest BCUT2D eigenvalue weighted by Crippen LogP contribution is -1.80. The van der Waals surface area contributed by atoms with Gasteiger partial charge in [0, 0.05) is 0 Å². The molecule has 1 aromatic rings. The molecule has 4 nitrogen and oxygen atoms in total. The minimum atomic E-state index is 0.525. The molecule has 9 heavy (non-hydrogen) atoms. The van der Waals surface area contributed by atoms with Gasteiger partial charge >= 0.3 is 0 Å². The molecular weight excluding hydrogens is 116 g/mol. The highest BCUT2D eigenvalue weighted by atomic mass is 15.0. The molecule has 0 aliphatic rings. The number of nitrogens with zero attached hydrogens (tertiary/aromatic N) is 3. The van der Waals surface area contributed by atoms with Crippen molar-refractivity contribution in [3.63, 3.8) is 0 Å². The van der Waals surface area contributed by atoms with Gasteiger partial charge in [0.25, 0.3) is 0 Å². The largest absolute Gasteiger partial charge is 0.242 e. The maximum atomic E-state index is 6.63. The Kier molecular flexibility index (Phi) is 1.48. The van der Waals surface area contributed by atoms with Crippen LogP contribution in [0.3, 0.4) is 0 Å². The van der Waals surface area contributed by atoms with E-state index >= 15 is 0 Å². The molecule has 0 bridgehead atoms. The summed E-state index contributed by atoms with van der Waals surface area (Å²) in [6.45, 7) is 1.79. The molecule has 0 unspecified atom stereocenters. The Morgan fingerprint density at radius 1 is 1.67 bits per heavy atom. The molecule has 1 heterocycles. The number of hydrogen-bond donors (Lipinski definition) is 1. The van der Waals surface area contributed by atoms with Crippen LogP contribution in [-0.4, -0.2) is 9.97 Å². The Labute approximate surface area is 52.5 Å². The van der Waals surface area contributed by atoms with Gasteiger partial charge in [-0.1, -0.05) is 0 Å². The van der Waals surface area contributed by atoms with Gasteiger partial charge < -0.3 is 0 Å². The Morgan fingerprint density at radius 2 is 2.44 bits per heavy atom. The van der Waals surface area contributed by atoms with Gasteiger partial charge in [-0.25, -0.2) is 15.5 Å². The first-order valence-corrected chi connectivity index (χ1v) is 2.48. The Bertz CT molecular complexity index is 220. The van der Waals surface area contributed by atoms with Crippen LogP contribution in [0.2, 0.25) is 0 Å². The third-order valence-corrected chi connectivity index (χ3v) is 1.01. The molecule has 0 fully saturated rings. The van der Waals surface area contributed by atoms with E-state index in [9.17, 15) is 0 Å². The summed E-state index contributed by atoms with van der Waals surface area (Å²) in [6.07, 6.45) is 2.94. The van der Waals surface area contributed by atoms with Gasteiger partial charge in [0.2, 0.25) is 0 Å². The van der Waals surface area contributed by atoms with Crippen molar-refractivity contribution >= 4 is 5.69 Å². The van der Waals surface area contributed by atoms with Gasteiger partial charge in [-0.15, -0.1) is 0 Å². The number of nitrogens with one attached hydrogen (secondary N) is 1. The van der Waals surface area contributed by atoms with Crippen LogP contribution in [0, 0.1) is 12.5 Å². The van der Waals surface area contributed by atoms with Gasteiger partial charge in [-0.2, -0.15) is 5.11 Å². The van der Waals surface area contributed by atoms with E-state index in [4.69, 9.17) is 5.53 Å². The van der Waals surface area contributed by atoms with Crippen LogP contribution in [0.5, 0.6) is 0 Å². The number of hydrogen-bond acceptors (Lipinski definition) is 4. The van der Waals surface area contributed by atoms with E-state index in [1.165, 1.54) is 12.5 Å². The van der Waals surface area contributed by atoms with Gasteiger partial charge in [-0.05, 0) is 6.92 Å². The lowest BCUT2D eigenvalue weighted by Gasteiger charge is -1.91. The molecule has 0 saturated carbocycles. The predicted octanol–water partition coefficient (Wildman–Crippen LogP) is 1.45. The Hall–Kier alpha value is -1.32. The maximum Gasteiger partial charge on any atom is 0.124 e. The van der Waals surface area contributed by atoms with Crippen molar-refractivity contribution in [2.24, 2.45) is 5.11 Å². The van der Waals surface area contributed by atoms with Crippen molar-refractivity contribution in [3.05, 3.63) is 18.2 Å². The molecule has 4 heteroatoms. The third kappa shape index (κ3) is 1.07. The molecule has 0 atom stereocenters. The van der Waals surface area contributed by atoms with Crippen LogP contribution in [0.25, 0.3) is 0 Å². The second-order valence-electron chi connectivity index (χ2n) is 1.61. The molecule has 46 valence electrons. The van der Waals surface area contributed by atoms with Gasteiger partial charge in [0.15, 0.2) is 0 Å². The summed E-state index contributed by atoms with van der Waals surface area (Å²) in [6, 6.07) is 0. The first-order chi connectivity index (χ1) is 4.34. The summed E-state index contributed by atoms with van der Waals surface area (Å²) in [5.41, 5.74) is 7.89. The zero-order valence-electron chi connectivity index (χ0n) is 5.00. The van der Waals surface area contributed by atoms with Crippen molar-refractivity contribution in [1.82, 2.24) is 9.97 Å². The smallest absolute Gasteiger partial charge is 0.124 e. The first kappa shape index (κ1) is 5.81. The van der Waals surface area contributed by atoms with Crippen molar-refractivity contribution < 1.29 is 0 Å². The highest BCUT2D eigenvalue weighted by Gasteiger charge is 1.92. The van der Waals surface area contributed by atoms with Gasteiger partial charge in [-0.3, -0.25) is 0 Å². The quantitative estimate of drug-likeness (QED) is 0.573. The van der Waals surface area contributed by atoms with Crippen LogP contribution < -0.4 is 0 Å². The van der Waals surface area contributed by atoms with Crippen LogP contribution in [0.15, 0.2) is 17.6 Å². The van der Waals surface area contributed by atoms with E-state index in [1.54, 1.807) is 6.92 Å². The molecule has 0 radical (unpaired) electrons. The van der Waals surface area contributed by atoms with E-state index in [2.05, 4.69) is 15.1 Å². The van der Waals surface area contributed by atoms with Crippen molar-refractivity contribution in [2.75, 3.05) is 0 Å². The van der Waals surface area contributed by atoms with Crippen LogP contribution in [0.1, 0.15) is 5.69 Å². The van der Waals surface area contributed by atoms with E-state index in [1.807, 2.05) is 0 Å². The van der Waals surface area contributed by atoms with Gasteiger partial charge in [0.05, 0.1) is 11.9 Å². The fraction of sp³-hybridized carbons (Fsp3) is 0.200. The summed E-state index contributed by atoms with van der Waals surface area (Å²) in [7, 11) is 0. The maximum absolute atomic E-state index is 6.63. The number of aryl methyl sites for hydroxylation is 1. The van der Waals surface area contributed by atoms with Crippen molar-refractivity contribution in [3.8, 4) is 0 Å². The Morgan fingerprint density at radius 3 is 2.89 bits per heavy atom. The van der Waals surface area contributed by atoms with Gasteiger partial charge in [0.1, 0.15) is 12.0 Å². The summed E-state index contributed by atoms with van der Waals surface area (Å²) in [5, 5.41) is 3.20. The average Bonchev–Trinajstić information content (AvgIpc) is 1.89. The third-order valence-electron chi connectivity index (χ3n) is 1.01. The van der Waals surface area contributed by atoms with Crippen LogP contribution in [0.4, 0.5) is 5.69 Å². The molecule has 1 rings (SSSR count). The molecule has 0 saturated heterocycles. The molecule has 0 spiro atoms. The minimum Gasteiger partial charge on any atom is -0.242 e. The van der Waals surface area contributed by atoms with Crippen LogP contribution >= 0.6 is 0 Å². The number of rotatable bonds is 1. The second kappa shape index (κ2) is 2.30. The lowest BCUT2D eigenvalue weighted by molar-refractivity contribution is 1.04. The number of aromatic nitrogens is 2. The van der Waals surface area contributed by atoms with Crippen LogP contribution in [-0.2, 0) is 0 Å². The molecule has 1 aromatic heterocycles. The van der Waals surface area contributed by atoms with Crippen molar-refractivity contribution in [2.45, 2.75) is 6.92 Å². The topological polar surface area (TPSA) is 62.0 Å². The van der Waals surface area contributed by atoms with E-state index in [-0.39, 0.29) is 0 Å². The summed E-state index contributed by atoms with van der Waals surface area (Å²) >= 11 is 0. The van der Waals surface area contributed by atoms with E-state index in [0.717, 1.165) is 5.69 Å². The molecular formula is C5H6N4. The fourth-order valence-electron chi connectivity index (χ4n) is 0.493. The zero-order chi connectivity index (χ0) is 6.69. The standard InChI is InChI=1S/C5H6N4/c1-4-5(9-6)2-7-3-8-4/h2-3,6H,1H3. The molecule has 0 aromatic carbocycles. The summed E-state index contributed by atoms with van der Waals surface area (Å²) in [4.78, 5) is 7.52. The molecule has 0 aliphatic heterocycles. The van der Waals surface area contributed by atoms with Crippen molar-refractivity contribution in [1.29, 1.82) is 5.53 Å². The minimum absolute atomic E-state index is 0.525. The fourth-order valence-corrected chi connectivity index (χ4v) is 0.493. The normalized spacial score (nSPS) is 9.00.